The number of nitrogens with zero attached hydrogens (tertiary/aromatic N) is 1. The molecule has 3 aromatic carbocycles. The van der Waals surface area contributed by atoms with Crippen LogP contribution in [0.25, 0.3) is 26.6 Å². The molecular formula is C28H20ClNO3S. The average molecular weight is 486 g/mol. The van der Waals surface area contributed by atoms with Gasteiger partial charge < -0.3 is 9.84 Å². The Balaban J connectivity index is 1.36. The lowest BCUT2D eigenvalue weighted by atomic mass is 10.0. The summed E-state index contributed by atoms with van der Waals surface area (Å²) in [7, 11) is 0. The first-order chi connectivity index (χ1) is 16.4. The fourth-order valence-corrected chi connectivity index (χ4v) is 5.10. The van der Waals surface area contributed by atoms with Gasteiger partial charge >= 0.3 is 5.97 Å². The average Bonchev–Trinajstić information content (AvgIpc) is 3.18. The number of carboxylic acids is 1. The Kier molecular flexibility index (Phi) is 5.82. The lowest BCUT2D eigenvalue weighted by molar-refractivity contribution is 0.0701. The van der Waals surface area contributed by atoms with Gasteiger partial charge in [0.1, 0.15) is 17.2 Å². The minimum atomic E-state index is -0.891. The van der Waals surface area contributed by atoms with Crippen LogP contribution in [0.4, 0.5) is 0 Å². The van der Waals surface area contributed by atoms with Crippen molar-refractivity contribution in [2.75, 3.05) is 0 Å². The molecule has 0 radical (unpaired) electrons. The van der Waals surface area contributed by atoms with E-state index in [1.165, 1.54) is 11.3 Å². The predicted molar refractivity (Wildman–Crippen MR) is 139 cm³/mol. The summed E-state index contributed by atoms with van der Waals surface area (Å²) in [5.41, 5.74) is 5.08. The second-order valence-corrected chi connectivity index (χ2v) is 9.51. The van der Waals surface area contributed by atoms with Gasteiger partial charge in [-0.25, -0.2) is 9.78 Å². The van der Waals surface area contributed by atoms with Gasteiger partial charge in [-0.15, -0.1) is 11.3 Å². The van der Waals surface area contributed by atoms with E-state index in [9.17, 15) is 9.90 Å². The van der Waals surface area contributed by atoms with Crippen molar-refractivity contribution < 1.29 is 14.6 Å². The number of ether oxygens (including phenoxy) is 1. The van der Waals surface area contributed by atoms with Crippen LogP contribution in [-0.2, 0) is 6.61 Å². The Morgan fingerprint density at radius 1 is 1.09 bits per heavy atom. The number of aromatic carboxylic acids is 1. The minimum absolute atomic E-state index is 0.371. The Morgan fingerprint density at radius 3 is 2.74 bits per heavy atom. The highest BCUT2D eigenvalue weighted by Crippen LogP contribution is 2.32. The summed E-state index contributed by atoms with van der Waals surface area (Å²) < 4.78 is 7.02. The maximum absolute atomic E-state index is 11.4. The fourth-order valence-electron chi connectivity index (χ4n) is 3.91. The van der Waals surface area contributed by atoms with Crippen LogP contribution in [0.5, 0.6) is 5.75 Å². The van der Waals surface area contributed by atoms with Crippen LogP contribution in [0, 0.1) is 6.92 Å². The zero-order valence-electron chi connectivity index (χ0n) is 18.3. The molecule has 0 aliphatic rings. The summed E-state index contributed by atoms with van der Waals surface area (Å²) in [5.74, 6) is -0.173. The van der Waals surface area contributed by atoms with E-state index in [4.69, 9.17) is 21.3 Å². The van der Waals surface area contributed by atoms with Crippen molar-refractivity contribution in [2.45, 2.75) is 13.5 Å². The van der Waals surface area contributed by atoms with E-state index in [-0.39, 0.29) is 0 Å². The van der Waals surface area contributed by atoms with Gasteiger partial charge in [0.2, 0.25) is 0 Å². The van der Waals surface area contributed by atoms with Crippen LogP contribution in [0.3, 0.4) is 0 Å². The number of aryl methyl sites for hydroxylation is 1. The van der Waals surface area contributed by atoms with E-state index in [2.05, 4.69) is 6.58 Å². The van der Waals surface area contributed by atoms with Gasteiger partial charge in [-0.2, -0.15) is 0 Å². The van der Waals surface area contributed by atoms with Crippen LogP contribution in [0.2, 0.25) is 5.02 Å². The molecule has 6 heteroatoms. The molecule has 0 bridgehead atoms. The maximum Gasteiger partial charge on any atom is 0.346 e. The second kappa shape index (κ2) is 8.93. The van der Waals surface area contributed by atoms with Crippen LogP contribution < -0.4 is 4.74 Å². The standard InChI is InChI=1S/C28H20ClNO3S/c1-16(24-10-8-19-7-9-21(29)14-25(19)30-24)20-4-3-5-22(13-20)33-15-18-6-11-26-23(12-18)17(2)27(34-26)28(31)32/h3-14H,1,15H2,2H3,(H,31,32). The smallest absolute Gasteiger partial charge is 0.346 e. The summed E-state index contributed by atoms with van der Waals surface area (Å²) in [4.78, 5) is 16.5. The summed E-state index contributed by atoms with van der Waals surface area (Å²) >= 11 is 7.42. The van der Waals surface area contributed by atoms with E-state index in [1.54, 1.807) is 0 Å². The Hall–Kier alpha value is -3.67. The van der Waals surface area contributed by atoms with Crippen LogP contribution in [0.15, 0.2) is 79.4 Å². The minimum Gasteiger partial charge on any atom is -0.489 e. The Bertz CT molecular complexity index is 1590. The first-order valence-corrected chi connectivity index (χ1v) is 11.8. The van der Waals surface area contributed by atoms with Crippen molar-refractivity contribution in [2.24, 2.45) is 0 Å². The van der Waals surface area contributed by atoms with Crippen LogP contribution >= 0.6 is 22.9 Å². The number of rotatable bonds is 6. The summed E-state index contributed by atoms with van der Waals surface area (Å²) in [6.07, 6.45) is 0. The summed E-state index contributed by atoms with van der Waals surface area (Å²) in [5, 5.41) is 12.0. The third kappa shape index (κ3) is 4.28. The summed E-state index contributed by atoms with van der Waals surface area (Å²) in [6.45, 7) is 6.46. The lowest BCUT2D eigenvalue weighted by Gasteiger charge is -2.11. The highest BCUT2D eigenvalue weighted by atomic mass is 35.5. The molecule has 0 saturated carbocycles. The van der Waals surface area contributed by atoms with Gasteiger partial charge in [-0.05, 0) is 71.5 Å². The number of pyridine rings is 1. The molecule has 5 rings (SSSR count). The first-order valence-electron chi connectivity index (χ1n) is 10.6. The quantitative estimate of drug-likeness (QED) is 0.267. The highest BCUT2D eigenvalue weighted by molar-refractivity contribution is 7.21. The third-order valence-corrected chi connectivity index (χ3v) is 7.24. The number of aromatic nitrogens is 1. The number of fused-ring (bicyclic) bond motifs is 2. The van der Waals surface area contributed by atoms with Gasteiger partial charge in [-0.3, -0.25) is 0 Å². The zero-order chi connectivity index (χ0) is 23.8. The number of carboxylic acid groups (broad SMARTS) is 1. The number of thiophene rings is 1. The summed E-state index contributed by atoms with van der Waals surface area (Å²) in [6, 6.07) is 23.3. The van der Waals surface area contributed by atoms with Crippen molar-refractivity contribution in [1.82, 2.24) is 4.98 Å². The maximum atomic E-state index is 11.4. The molecule has 0 fully saturated rings. The van der Waals surface area contributed by atoms with Gasteiger partial charge in [0.05, 0.1) is 11.2 Å². The molecule has 0 saturated heterocycles. The molecule has 34 heavy (non-hydrogen) atoms. The van der Waals surface area contributed by atoms with Crippen molar-refractivity contribution in [3.8, 4) is 5.75 Å². The second-order valence-electron chi connectivity index (χ2n) is 8.02. The molecule has 0 amide bonds. The number of hydrogen-bond donors (Lipinski definition) is 1. The predicted octanol–water partition coefficient (Wildman–Crippen LogP) is 7.75. The molecular weight excluding hydrogens is 466 g/mol. The monoisotopic (exact) mass is 485 g/mol. The normalized spacial score (nSPS) is 11.1. The topological polar surface area (TPSA) is 59.4 Å². The van der Waals surface area contributed by atoms with Crippen molar-refractivity contribution in [1.29, 1.82) is 0 Å². The number of carbonyl (C=O) groups is 1. The Labute approximate surface area is 205 Å². The largest absolute Gasteiger partial charge is 0.489 e. The van der Waals surface area contributed by atoms with Crippen molar-refractivity contribution in [3.63, 3.8) is 0 Å². The fraction of sp³-hybridized carbons (Fsp3) is 0.0714. The van der Waals surface area contributed by atoms with Crippen LogP contribution in [-0.4, -0.2) is 16.1 Å². The first kappa shape index (κ1) is 22.1. The van der Waals surface area contributed by atoms with Crippen LogP contribution in [0.1, 0.15) is 32.1 Å². The van der Waals surface area contributed by atoms with Gasteiger partial charge in [-0.1, -0.05) is 48.5 Å². The van der Waals surface area contributed by atoms with E-state index >= 15 is 0 Å². The molecule has 1 N–H and O–H groups in total. The molecule has 2 aromatic heterocycles. The van der Waals surface area contributed by atoms with E-state index in [0.29, 0.717) is 16.5 Å². The van der Waals surface area contributed by atoms with Crippen molar-refractivity contribution in [3.05, 3.63) is 112 Å². The molecule has 2 heterocycles. The van der Waals surface area contributed by atoms with Crippen molar-refractivity contribution >= 4 is 55.5 Å². The van der Waals surface area contributed by atoms with Gasteiger partial charge in [0.15, 0.2) is 0 Å². The SMILES string of the molecule is C=C(c1cccc(OCc2ccc3sc(C(=O)O)c(C)c3c2)c1)c1ccc2ccc(Cl)cc2n1. The number of halogens is 1. The molecule has 0 aliphatic heterocycles. The molecule has 0 unspecified atom stereocenters. The van der Waals surface area contributed by atoms with E-state index < -0.39 is 5.97 Å². The lowest BCUT2D eigenvalue weighted by Crippen LogP contribution is -1.97. The molecule has 168 valence electrons. The number of benzene rings is 3. The third-order valence-electron chi connectivity index (χ3n) is 5.75. The Morgan fingerprint density at radius 2 is 1.91 bits per heavy atom. The molecule has 0 atom stereocenters. The molecule has 4 nitrogen and oxygen atoms in total. The molecule has 0 aliphatic carbocycles. The van der Waals surface area contributed by atoms with E-state index in [1.807, 2.05) is 79.7 Å². The zero-order valence-corrected chi connectivity index (χ0v) is 19.9. The van der Waals surface area contributed by atoms with Gasteiger partial charge in [0, 0.05) is 20.7 Å². The van der Waals surface area contributed by atoms with E-state index in [0.717, 1.165) is 54.7 Å². The molecule has 0 spiro atoms. The highest BCUT2D eigenvalue weighted by Gasteiger charge is 2.15. The number of hydrogen-bond acceptors (Lipinski definition) is 4. The molecule has 5 aromatic rings. The van der Waals surface area contributed by atoms with Gasteiger partial charge in [0.25, 0.3) is 0 Å².